The molecule has 1 amide bonds. The van der Waals surface area contributed by atoms with Gasteiger partial charge in [0.15, 0.2) is 0 Å². The lowest BCUT2D eigenvalue weighted by Gasteiger charge is -2.09. The summed E-state index contributed by atoms with van der Waals surface area (Å²) in [4.78, 5) is 14.8. The number of H-pyrrole nitrogens is 1. The molecule has 0 saturated heterocycles. The molecule has 4 nitrogen and oxygen atoms in total. The van der Waals surface area contributed by atoms with E-state index in [2.05, 4.69) is 47.7 Å². The van der Waals surface area contributed by atoms with Crippen LogP contribution in [0.25, 0.3) is 10.9 Å². The Hall–Kier alpha value is -1.81. The number of rotatable bonds is 7. The number of fused-ring (bicyclic) bond motifs is 1. The van der Waals surface area contributed by atoms with Crippen LogP contribution >= 0.6 is 0 Å². The monoisotopic (exact) mass is 273 g/mol. The topological polar surface area (TPSA) is 56.9 Å². The van der Waals surface area contributed by atoms with Crippen molar-refractivity contribution in [2.45, 2.75) is 26.8 Å². The largest absolute Gasteiger partial charge is 0.361 e. The third kappa shape index (κ3) is 4.10. The standard InChI is InChI=1S/C16H23N3O/c1-12(2)10-19-16(20)7-8-17-11-13-4-3-5-15-14(13)6-9-18-15/h3-6,9,12,17-18H,7-8,10-11H2,1-2H3,(H,19,20). The second-order valence-electron chi connectivity index (χ2n) is 5.48. The van der Waals surface area contributed by atoms with Gasteiger partial charge in [0.05, 0.1) is 0 Å². The van der Waals surface area contributed by atoms with Crippen molar-refractivity contribution in [3.63, 3.8) is 0 Å². The summed E-state index contributed by atoms with van der Waals surface area (Å²) in [6.07, 6.45) is 2.48. The van der Waals surface area contributed by atoms with Crippen LogP contribution in [-0.4, -0.2) is 24.0 Å². The molecule has 4 heteroatoms. The summed E-state index contributed by atoms with van der Waals surface area (Å²) in [6.45, 7) is 6.42. The van der Waals surface area contributed by atoms with Gasteiger partial charge in [-0.1, -0.05) is 26.0 Å². The summed E-state index contributed by atoms with van der Waals surface area (Å²) < 4.78 is 0. The fraction of sp³-hybridized carbons (Fsp3) is 0.438. The Labute approximate surface area is 120 Å². The van der Waals surface area contributed by atoms with E-state index in [1.165, 1.54) is 10.9 Å². The van der Waals surface area contributed by atoms with Gasteiger partial charge >= 0.3 is 0 Å². The van der Waals surface area contributed by atoms with Crippen LogP contribution in [0.2, 0.25) is 0 Å². The first-order valence-corrected chi connectivity index (χ1v) is 7.19. The Kier molecular flexibility index (Phi) is 5.18. The Morgan fingerprint density at radius 3 is 2.95 bits per heavy atom. The third-order valence-corrected chi connectivity index (χ3v) is 3.24. The Morgan fingerprint density at radius 1 is 1.30 bits per heavy atom. The van der Waals surface area contributed by atoms with Crippen LogP contribution in [0.1, 0.15) is 25.8 Å². The van der Waals surface area contributed by atoms with Gasteiger partial charge in [-0.3, -0.25) is 4.79 Å². The molecular formula is C16H23N3O. The van der Waals surface area contributed by atoms with Gasteiger partial charge in [-0.2, -0.15) is 0 Å². The van der Waals surface area contributed by atoms with Gasteiger partial charge in [0.2, 0.25) is 5.91 Å². The third-order valence-electron chi connectivity index (χ3n) is 3.24. The van der Waals surface area contributed by atoms with Crippen LogP contribution in [0, 0.1) is 5.92 Å². The summed E-state index contributed by atoms with van der Waals surface area (Å²) >= 11 is 0. The quantitative estimate of drug-likeness (QED) is 0.679. The van der Waals surface area contributed by atoms with E-state index in [1.807, 2.05) is 12.3 Å². The predicted molar refractivity (Wildman–Crippen MR) is 82.5 cm³/mol. The molecule has 1 aromatic carbocycles. The number of hydrogen-bond donors (Lipinski definition) is 3. The maximum Gasteiger partial charge on any atom is 0.221 e. The van der Waals surface area contributed by atoms with E-state index in [-0.39, 0.29) is 5.91 Å². The highest BCUT2D eigenvalue weighted by Crippen LogP contribution is 2.16. The van der Waals surface area contributed by atoms with Gasteiger partial charge in [-0.05, 0) is 23.6 Å². The minimum absolute atomic E-state index is 0.117. The lowest BCUT2D eigenvalue weighted by molar-refractivity contribution is -0.121. The highest BCUT2D eigenvalue weighted by atomic mass is 16.1. The molecule has 1 heterocycles. The molecule has 0 unspecified atom stereocenters. The molecule has 0 saturated carbocycles. The summed E-state index contributed by atoms with van der Waals surface area (Å²) in [6, 6.07) is 8.31. The average Bonchev–Trinajstić information content (AvgIpc) is 2.90. The normalized spacial score (nSPS) is 11.2. The molecule has 1 aromatic heterocycles. The number of aromatic amines is 1. The molecule has 0 aliphatic carbocycles. The van der Waals surface area contributed by atoms with Gasteiger partial charge in [0, 0.05) is 43.2 Å². The zero-order valence-corrected chi connectivity index (χ0v) is 12.2. The molecule has 0 radical (unpaired) electrons. The molecule has 2 rings (SSSR count). The SMILES string of the molecule is CC(C)CNC(=O)CCNCc1cccc2[nH]ccc12. The average molecular weight is 273 g/mol. The van der Waals surface area contributed by atoms with Gasteiger partial charge in [0.25, 0.3) is 0 Å². The second-order valence-corrected chi connectivity index (χ2v) is 5.48. The van der Waals surface area contributed by atoms with E-state index >= 15 is 0 Å². The van der Waals surface area contributed by atoms with E-state index < -0.39 is 0 Å². The van der Waals surface area contributed by atoms with E-state index in [1.54, 1.807) is 0 Å². The van der Waals surface area contributed by atoms with Crippen LogP contribution in [0.3, 0.4) is 0 Å². The second kappa shape index (κ2) is 7.10. The van der Waals surface area contributed by atoms with Gasteiger partial charge in [-0.25, -0.2) is 0 Å². The molecule has 0 aliphatic rings. The van der Waals surface area contributed by atoms with Gasteiger partial charge in [0.1, 0.15) is 0 Å². The first-order valence-electron chi connectivity index (χ1n) is 7.19. The van der Waals surface area contributed by atoms with Crippen molar-refractivity contribution >= 4 is 16.8 Å². The van der Waals surface area contributed by atoms with Crippen molar-refractivity contribution in [3.05, 3.63) is 36.0 Å². The van der Waals surface area contributed by atoms with Crippen molar-refractivity contribution in [1.29, 1.82) is 0 Å². The Morgan fingerprint density at radius 2 is 2.15 bits per heavy atom. The number of hydrogen-bond acceptors (Lipinski definition) is 2. The molecule has 0 aliphatic heterocycles. The molecule has 108 valence electrons. The molecule has 0 atom stereocenters. The molecule has 20 heavy (non-hydrogen) atoms. The molecule has 3 N–H and O–H groups in total. The van der Waals surface area contributed by atoms with E-state index in [9.17, 15) is 4.79 Å². The van der Waals surface area contributed by atoms with Gasteiger partial charge in [-0.15, -0.1) is 0 Å². The first-order chi connectivity index (χ1) is 9.66. The van der Waals surface area contributed by atoms with E-state index in [0.717, 1.165) is 18.6 Å². The van der Waals surface area contributed by atoms with Crippen LogP contribution in [0.5, 0.6) is 0 Å². The van der Waals surface area contributed by atoms with Crippen LogP contribution < -0.4 is 10.6 Å². The van der Waals surface area contributed by atoms with Crippen molar-refractivity contribution in [2.75, 3.05) is 13.1 Å². The predicted octanol–water partition coefficient (Wildman–Crippen LogP) is 2.42. The maximum absolute atomic E-state index is 11.6. The molecule has 0 fully saturated rings. The number of carbonyl (C=O) groups excluding carboxylic acids is 1. The number of carbonyl (C=O) groups is 1. The van der Waals surface area contributed by atoms with Gasteiger partial charge < -0.3 is 15.6 Å². The van der Waals surface area contributed by atoms with Crippen molar-refractivity contribution < 1.29 is 4.79 Å². The summed E-state index contributed by atoms with van der Waals surface area (Å²) in [5.74, 6) is 0.615. The fourth-order valence-electron chi connectivity index (χ4n) is 2.14. The highest BCUT2D eigenvalue weighted by molar-refractivity contribution is 5.82. The molecule has 2 aromatic rings. The number of aromatic nitrogens is 1. The Bertz CT molecular complexity index is 560. The van der Waals surface area contributed by atoms with E-state index in [4.69, 9.17) is 0 Å². The lowest BCUT2D eigenvalue weighted by Crippen LogP contribution is -2.30. The van der Waals surface area contributed by atoms with Crippen molar-refractivity contribution in [1.82, 2.24) is 15.6 Å². The summed E-state index contributed by atoms with van der Waals surface area (Å²) in [5.41, 5.74) is 2.41. The first kappa shape index (κ1) is 14.6. The highest BCUT2D eigenvalue weighted by Gasteiger charge is 2.03. The lowest BCUT2D eigenvalue weighted by atomic mass is 10.1. The Balaban J connectivity index is 1.73. The number of benzene rings is 1. The zero-order chi connectivity index (χ0) is 14.4. The molecule has 0 bridgehead atoms. The smallest absolute Gasteiger partial charge is 0.221 e. The minimum Gasteiger partial charge on any atom is -0.361 e. The summed E-state index contributed by atoms with van der Waals surface area (Å²) in [7, 11) is 0. The van der Waals surface area contributed by atoms with Crippen LogP contribution in [0.4, 0.5) is 0 Å². The number of amides is 1. The van der Waals surface area contributed by atoms with Crippen molar-refractivity contribution in [3.8, 4) is 0 Å². The van der Waals surface area contributed by atoms with Crippen LogP contribution in [-0.2, 0) is 11.3 Å². The fourth-order valence-corrected chi connectivity index (χ4v) is 2.14. The maximum atomic E-state index is 11.6. The number of nitrogens with one attached hydrogen (secondary N) is 3. The minimum atomic E-state index is 0.117. The molecular weight excluding hydrogens is 250 g/mol. The van der Waals surface area contributed by atoms with Crippen molar-refractivity contribution in [2.24, 2.45) is 5.92 Å². The molecule has 0 spiro atoms. The zero-order valence-electron chi connectivity index (χ0n) is 12.2. The summed E-state index contributed by atoms with van der Waals surface area (Å²) in [5, 5.41) is 7.49. The van der Waals surface area contributed by atoms with E-state index in [0.29, 0.717) is 18.9 Å². The van der Waals surface area contributed by atoms with Crippen LogP contribution in [0.15, 0.2) is 30.5 Å².